The van der Waals surface area contributed by atoms with Crippen LogP contribution < -0.4 is 5.32 Å². The Morgan fingerprint density at radius 1 is 0.763 bits per heavy atom. The van der Waals surface area contributed by atoms with Crippen LogP contribution in [0.1, 0.15) is 61.3 Å². The van der Waals surface area contributed by atoms with Crippen molar-refractivity contribution in [3.8, 4) is 0 Å². The van der Waals surface area contributed by atoms with E-state index >= 15 is 0 Å². The summed E-state index contributed by atoms with van der Waals surface area (Å²) in [6.45, 7) is 22.2. The molecule has 4 rings (SSSR count). The second kappa shape index (κ2) is 14.7. The molecule has 38 heavy (non-hydrogen) atoms. The number of hydrogen-bond acceptors (Lipinski definition) is 8. The molecule has 224 valence electrons. The fourth-order valence-electron chi connectivity index (χ4n) is 5.99. The average Bonchev–Trinajstić information content (AvgIpc) is 3.66. The Morgan fingerprint density at radius 2 is 1.32 bits per heavy atom. The lowest BCUT2D eigenvalue weighted by Crippen LogP contribution is -2.41. The molecule has 1 spiro atoms. The molecule has 0 aromatic carbocycles. The Bertz CT molecular complexity index is 711. The van der Waals surface area contributed by atoms with Crippen molar-refractivity contribution in [1.29, 1.82) is 0 Å². The zero-order valence-corrected chi connectivity index (χ0v) is 26.2. The van der Waals surface area contributed by atoms with E-state index in [2.05, 4.69) is 68.5 Å². The van der Waals surface area contributed by atoms with E-state index in [0.717, 1.165) is 58.7 Å². The number of ether oxygens (including phenoxy) is 4. The Balaban J connectivity index is 0.000000200. The van der Waals surface area contributed by atoms with Crippen LogP contribution in [0, 0.1) is 5.41 Å². The predicted octanol–water partition coefficient (Wildman–Crippen LogP) is 2.48. The molecule has 4 saturated heterocycles. The van der Waals surface area contributed by atoms with Gasteiger partial charge in [0.1, 0.15) is 5.60 Å². The van der Waals surface area contributed by atoms with Gasteiger partial charge >= 0.3 is 0 Å². The molecule has 0 aliphatic carbocycles. The molecule has 0 aromatic heterocycles. The number of methoxy groups -OCH3 is 4. The van der Waals surface area contributed by atoms with Crippen LogP contribution >= 0.6 is 0 Å². The van der Waals surface area contributed by atoms with Crippen LogP contribution in [0.3, 0.4) is 0 Å². The number of nitrogens with zero attached hydrogens (tertiary/aromatic N) is 3. The minimum atomic E-state index is -0.140. The minimum Gasteiger partial charge on any atom is -0.377 e. The molecule has 5 atom stereocenters. The Hall–Kier alpha value is -0.810. The Morgan fingerprint density at radius 3 is 1.66 bits per heavy atom. The van der Waals surface area contributed by atoms with E-state index < -0.39 is 0 Å². The number of likely N-dealkylation sites (tertiary alicyclic amines) is 3. The van der Waals surface area contributed by atoms with E-state index in [0.29, 0.717) is 18.1 Å². The van der Waals surface area contributed by atoms with Gasteiger partial charge in [0.2, 0.25) is 5.91 Å². The maximum Gasteiger partial charge on any atom is 0.227 e. The first-order valence-corrected chi connectivity index (χ1v) is 14.5. The molecule has 4 fully saturated rings. The molecular formula is C29H58N4O5. The lowest BCUT2D eigenvalue weighted by atomic mass is 9.86. The molecule has 4 heterocycles. The topological polar surface area (TPSA) is 75.7 Å². The van der Waals surface area contributed by atoms with Crippen LogP contribution in [0.4, 0.5) is 0 Å². The standard InChI is InChI=1S/C10H18N2O.C10H21NO2.C9H19NO2/c1-8(2)12-6-4-10(7-12)3-5-11-9(10)13;1-8(2)11-6-9(12-4)10(3,7-11)13-5;1-7(2)10-5-8(11-3)9(6-10)12-4/h8H,3-7H2,1-2H3,(H,11,13);8-9H,6-7H2,1-5H3;7-9H,5-6H2,1-4H3/t;9-,10+;8-,9+/m.0./s1. The molecule has 1 amide bonds. The molecule has 0 aromatic rings. The highest BCUT2D eigenvalue weighted by atomic mass is 16.5. The molecule has 9 nitrogen and oxygen atoms in total. The van der Waals surface area contributed by atoms with Crippen LogP contribution in [-0.2, 0) is 23.7 Å². The second-order valence-corrected chi connectivity index (χ2v) is 12.5. The van der Waals surface area contributed by atoms with Gasteiger partial charge in [0, 0.05) is 85.8 Å². The first-order valence-electron chi connectivity index (χ1n) is 14.5. The summed E-state index contributed by atoms with van der Waals surface area (Å²) in [5.74, 6) is 0.288. The van der Waals surface area contributed by atoms with Crippen LogP contribution in [0.5, 0.6) is 0 Å². The fraction of sp³-hybridized carbons (Fsp3) is 0.966. The van der Waals surface area contributed by atoms with E-state index in [1.54, 1.807) is 28.4 Å². The summed E-state index contributed by atoms with van der Waals surface area (Å²) in [5.41, 5.74) is -0.163. The first-order chi connectivity index (χ1) is 17.9. The number of nitrogens with one attached hydrogen (secondary N) is 1. The van der Waals surface area contributed by atoms with E-state index in [-0.39, 0.29) is 35.2 Å². The number of carbonyl (C=O) groups is 1. The van der Waals surface area contributed by atoms with Crippen LogP contribution in [0.25, 0.3) is 0 Å². The zero-order chi connectivity index (χ0) is 28.7. The van der Waals surface area contributed by atoms with E-state index in [4.69, 9.17) is 18.9 Å². The molecule has 0 radical (unpaired) electrons. The van der Waals surface area contributed by atoms with Crippen molar-refractivity contribution >= 4 is 5.91 Å². The third-order valence-electron chi connectivity index (χ3n) is 9.14. The summed E-state index contributed by atoms with van der Waals surface area (Å²) < 4.78 is 21.6. The predicted molar refractivity (Wildman–Crippen MR) is 153 cm³/mol. The van der Waals surface area contributed by atoms with E-state index in [1.807, 2.05) is 0 Å². The maximum absolute atomic E-state index is 11.6. The summed E-state index contributed by atoms with van der Waals surface area (Å²) >= 11 is 0. The van der Waals surface area contributed by atoms with Crippen molar-refractivity contribution < 1.29 is 23.7 Å². The van der Waals surface area contributed by atoms with Gasteiger partial charge in [0.05, 0.1) is 23.7 Å². The van der Waals surface area contributed by atoms with Crippen LogP contribution in [0.15, 0.2) is 0 Å². The van der Waals surface area contributed by atoms with E-state index in [9.17, 15) is 4.79 Å². The number of rotatable bonds is 7. The van der Waals surface area contributed by atoms with Crippen molar-refractivity contribution in [2.24, 2.45) is 5.41 Å². The molecule has 4 aliphatic rings. The Kier molecular flexibility index (Phi) is 12.9. The highest BCUT2D eigenvalue weighted by Gasteiger charge is 2.47. The normalized spacial score (nSPS) is 34.3. The van der Waals surface area contributed by atoms with Gasteiger partial charge in [-0.15, -0.1) is 0 Å². The molecule has 0 bridgehead atoms. The van der Waals surface area contributed by atoms with Gasteiger partial charge in [0.25, 0.3) is 0 Å². The summed E-state index contributed by atoms with van der Waals surface area (Å²) in [6.07, 6.45) is 2.78. The number of carbonyl (C=O) groups excluding carboxylic acids is 1. The monoisotopic (exact) mass is 542 g/mol. The van der Waals surface area contributed by atoms with Crippen molar-refractivity contribution in [3.05, 3.63) is 0 Å². The first kappa shape index (κ1) is 33.4. The Labute approximate surface area is 232 Å². The quantitative estimate of drug-likeness (QED) is 0.526. The molecule has 1 N–H and O–H groups in total. The lowest BCUT2D eigenvalue weighted by molar-refractivity contribution is -0.127. The SMILES string of the molecule is CC(C)N1CCC2(CCNC2=O)C1.CO[C@H]1CN(C(C)C)C[C@@]1(C)OC.CO[C@H]1CN(C(C)C)C[C@H]1OC. The number of amides is 1. The second-order valence-electron chi connectivity index (χ2n) is 12.5. The van der Waals surface area contributed by atoms with Gasteiger partial charge in [-0.3, -0.25) is 19.5 Å². The summed E-state index contributed by atoms with van der Waals surface area (Å²) in [5, 5.41) is 2.95. The zero-order valence-electron chi connectivity index (χ0n) is 26.2. The van der Waals surface area contributed by atoms with Crippen molar-refractivity contribution in [3.63, 3.8) is 0 Å². The van der Waals surface area contributed by atoms with Crippen molar-refractivity contribution in [1.82, 2.24) is 20.0 Å². The van der Waals surface area contributed by atoms with Crippen molar-refractivity contribution in [2.75, 3.05) is 74.3 Å². The van der Waals surface area contributed by atoms with Gasteiger partial charge in [0.15, 0.2) is 0 Å². The summed E-state index contributed by atoms with van der Waals surface area (Å²) in [4.78, 5) is 18.8. The third kappa shape index (κ3) is 8.12. The maximum atomic E-state index is 11.6. The van der Waals surface area contributed by atoms with Gasteiger partial charge < -0.3 is 24.3 Å². The van der Waals surface area contributed by atoms with Crippen LogP contribution in [0.2, 0.25) is 0 Å². The van der Waals surface area contributed by atoms with Gasteiger partial charge in [-0.2, -0.15) is 0 Å². The number of hydrogen-bond donors (Lipinski definition) is 1. The molecule has 4 aliphatic heterocycles. The smallest absolute Gasteiger partial charge is 0.227 e. The highest BCUT2D eigenvalue weighted by molar-refractivity contribution is 5.85. The molecular weight excluding hydrogens is 484 g/mol. The molecule has 1 unspecified atom stereocenters. The molecule has 0 saturated carbocycles. The minimum absolute atomic E-state index is 0.0235. The largest absolute Gasteiger partial charge is 0.377 e. The highest BCUT2D eigenvalue weighted by Crippen LogP contribution is 2.37. The third-order valence-corrected chi connectivity index (χ3v) is 9.14. The van der Waals surface area contributed by atoms with Gasteiger partial charge in [-0.1, -0.05) is 0 Å². The fourth-order valence-corrected chi connectivity index (χ4v) is 5.99. The lowest BCUT2D eigenvalue weighted by Gasteiger charge is -2.28. The molecule has 9 heteroatoms. The van der Waals surface area contributed by atoms with Gasteiger partial charge in [-0.25, -0.2) is 0 Å². The summed E-state index contributed by atoms with van der Waals surface area (Å²) in [7, 11) is 7.02. The van der Waals surface area contributed by atoms with Crippen molar-refractivity contribution in [2.45, 2.75) is 103 Å². The average molecular weight is 543 g/mol. The van der Waals surface area contributed by atoms with Gasteiger partial charge in [-0.05, 0) is 67.9 Å². The summed E-state index contributed by atoms with van der Waals surface area (Å²) in [6, 6.07) is 1.73. The van der Waals surface area contributed by atoms with E-state index in [1.165, 1.54) is 0 Å². The van der Waals surface area contributed by atoms with Crippen LogP contribution in [-0.4, -0.2) is 137 Å².